The van der Waals surface area contributed by atoms with Gasteiger partial charge in [0.25, 0.3) is 5.97 Å². The first-order valence-electron chi connectivity index (χ1n) is 5.08. The van der Waals surface area contributed by atoms with E-state index in [1.807, 2.05) is 19.6 Å². The number of methoxy groups -OCH3 is 1. The van der Waals surface area contributed by atoms with Crippen LogP contribution >= 0.6 is 0 Å². The van der Waals surface area contributed by atoms with Crippen molar-refractivity contribution in [1.82, 2.24) is 0 Å². The minimum absolute atomic E-state index is 0. The van der Waals surface area contributed by atoms with Gasteiger partial charge in [0, 0.05) is 20.1 Å². The van der Waals surface area contributed by atoms with Crippen LogP contribution in [0.4, 0.5) is 0 Å². The van der Waals surface area contributed by atoms with Gasteiger partial charge in [-0.15, -0.1) is 0 Å². The van der Waals surface area contributed by atoms with Crippen molar-refractivity contribution in [2.45, 2.75) is 40.9 Å². The summed E-state index contributed by atoms with van der Waals surface area (Å²) in [5.41, 5.74) is 0. The average Bonchev–Trinajstić information content (AvgIpc) is 2.15. The van der Waals surface area contributed by atoms with E-state index in [9.17, 15) is 13.8 Å². The Morgan fingerprint density at radius 2 is 1.26 bits per heavy atom. The molecular formula is C11H28O6SSi. The molecule has 0 heterocycles. The van der Waals surface area contributed by atoms with Crippen molar-refractivity contribution in [3.8, 4) is 0 Å². The summed E-state index contributed by atoms with van der Waals surface area (Å²) in [6.07, 6.45) is 1.47. The number of carbonyl (C=O) groups is 2. The molecule has 0 N–H and O–H groups in total. The van der Waals surface area contributed by atoms with Gasteiger partial charge in [0.05, 0.1) is 14.2 Å². The zero-order chi connectivity index (χ0) is 15.4. The summed E-state index contributed by atoms with van der Waals surface area (Å²) in [6, 6.07) is 0. The van der Waals surface area contributed by atoms with Crippen LogP contribution in [0.2, 0.25) is 19.6 Å². The topological polar surface area (TPSA) is 78.9 Å². The second kappa shape index (κ2) is 15.3. The molecule has 0 aromatic rings. The zero-order valence-electron chi connectivity index (χ0n) is 12.4. The van der Waals surface area contributed by atoms with Crippen LogP contribution in [0.25, 0.3) is 0 Å². The highest BCUT2D eigenvalue weighted by molar-refractivity contribution is 7.79. The minimum Gasteiger partial charge on any atom is -0.520 e. The molecule has 0 aliphatic carbocycles. The smallest absolute Gasteiger partial charge is 0.302 e. The Morgan fingerprint density at radius 1 is 1.00 bits per heavy atom. The molecule has 0 bridgehead atoms. The molecular weight excluding hydrogens is 288 g/mol. The van der Waals surface area contributed by atoms with Crippen LogP contribution < -0.4 is 0 Å². The van der Waals surface area contributed by atoms with Crippen LogP contribution in [-0.4, -0.2) is 44.9 Å². The number of hydrogen-bond acceptors (Lipinski definition) is 6. The minimum atomic E-state index is -1.57. The predicted molar refractivity (Wildman–Crippen MR) is 80.6 cm³/mol. The normalized spacial score (nSPS) is 10.3. The van der Waals surface area contributed by atoms with Crippen molar-refractivity contribution in [2.24, 2.45) is 0 Å². The Balaban J connectivity index is -0.0000000906. The Bertz CT molecular complexity index is 248. The van der Waals surface area contributed by atoms with E-state index in [-0.39, 0.29) is 19.4 Å². The Labute approximate surface area is 120 Å². The second-order valence-electron chi connectivity index (χ2n) is 3.97. The number of esters is 1. The first-order valence-corrected chi connectivity index (χ1v) is 9.97. The Morgan fingerprint density at radius 3 is 1.26 bits per heavy atom. The first-order chi connectivity index (χ1) is 7.96. The van der Waals surface area contributed by atoms with Crippen molar-refractivity contribution in [2.75, 3.05) is 20.5 Å². The van der Waals surface area contributed by atoms with Crippen LogP contribution in [-0.2, 0) is 34.0 Å². The van der Waals surface area contributed by atoms with Gasteiger partial charge in [-0.05, 0) is 19.6 Å². The number of rotatable bonds is 2. The van der Waals surface area contributed by atoms with Gasteiger partial charge in [0.1, 0.15) is 0 Å². The van der Waals surface area contributed by atoms with E-state index in [2.05, 4.69) is 8.92 Å². The molecule has 118 valence electrons. The van der Waals surface area contributed by atoms with Gasteiger partial charge in [0.15, 0.2) is 11.1 Å². The van der Waals surface area contributed by atoms with Gasteiger partial charge in [-0.1, -0.05) is 7.43 Å². The third-order valence-corrected chi connectivity index (χ3v) is 2.34. The molecule has 8 heteroatoms. The maximum Gasteiger partial charge on any atom is 0.302 e. The van der Waals surface area contributed by atoms with E-state index in [4.69, 9.17) is 4.43 Å². The Kier molecular flexibility index (Phi) is 21.6. The molecule has 0 aliphatic rings. The molecule has 1 unspecified atom stereocenters. The lowest BCUT2D eigenvalue weighted by Crippen LogP contribution is -2.27. The van der Waals surface area contributed by atoms with Gasteiger partial charge in [0.2, 0.25) is 8.32 Å². The van der Waals surface area contributed by atoms with Crippen LogP contribution in [0.1, 0.15) is 21.3 Å². The molecule has 0 aromatic carbocycles. The van der Waals surface area contributed by atoms with Crippen molar-refractivity contribution >= 4 is 31.3 Å². The summed E-state index contributed by atoms with van der Waals surface area (Å²) in [4.78, 5) is 19.9. The average molecular weight is 316 g/mol. The van der Waals surface area contributed by atoms with Gasteiger partial charge >= 0.3 is 5.97 Å². The molecule has 0 aliphatic heterocycles. The van der Waals surface area contributed by atoms with E-state index >= 15 is 0 Å². The van der Waals surface area contributed by atoms with Crippen LogP contribution in [0.5, 0.6) is 0 Å². The van der Waals surface area contributed by atoms with E-state index in [1.54, 1.807) is 0 Å². The lowest BCUT2D eigenvalue weighted by atomic mass is 10.8. The predicted octanol–water partition coefficient (Wildman–Crippen LogP) is 2.13. The highest BCUT2D eigenvalue weighted by Gasteiger charge is 2.16. The highest BCUT2D eigenvalue weighted by atomic mass is 32.2. The zero-order valence-corrected chi connectivity index (χ0v) is 14.2. The quantitative estimate of drug-likeness (QED) is 0.573. The third-order valence-electron chi connectivity index (χ3n) is 0.972. The van der Waals surface area contributed by atoms with Crippen molar-refractivity contribution in [3.63, 3.8) is 0 Å². The summed E-state index contributed by atoms with van der Waals surface area (Å²) < 4.78 is 23.0. The number of carbonyl (C=O) groups excluding carboxylic acids is 2. The molecule has 0 radical (unpaired) electrons. The summed E-state index contributed by atoms with van der Waals surface area (Å²) in [5.74, 6) is -0.408. The monoisotopic (exact) mass is 316 g/mol. The molecule has 0 saturated carbocycles. The van der Waals surface area contributed by atoms with Crippen LogP contribution in [0.15, 0.2) is 0 Å². The maximum absolute atomic E-state index is 10.3. The van der Waals surface area contributed by atoms with Crippen molar-refractivity contribution in [3.05, 3.63) is 0 Å². The third kappa shape index (κ3) is 58.9. The van der Waals surface area contributed by atoms with Crippen LogP contribution in [0, 0.1) is 0 Å². The Hall–Kier alpha value is -0.733. The maximum atomic E-state index is 10.3. The molecule has 6 nitrogen and oxygen atoms in total. The molecule has 0 amide bonds. The van der Waals surface area contributed by atoms with E-state index in [0.29, 0.717) is 0 Å². The number of ether oxygens (including phenoxy) is 1. The molecule has 1 atom stereocenters. The summed E-state index contributed by atoms with van der Waals surface area (Å²) in [7, 11) is 1.18. The number of hydrogen-bond donors (Lipinski definition) is 0. The fourth-order valence-corrected chi connectivity index (χ4v) is 1.29. The van der Waals surface area contributed by atoms with Gasteiger partial charge in [-0.25, -0.2) is 4.21 Å². The van der Waals surface area contributed by atoms with Gasteiger partial charge < -0.3 is 9.16 Å². The van der Waals surface area contributed by atoms with Crippen LogP contribution in [0.3, 0.4) is 0 Å². The molecule has 0 spiro atoms. The molecule has 0 aromatic heterocycles. The standard InChI is InChI=1S/C5H12O2Si.C3H6O2.C2H6O2S.CH4/c1-5(6)7-8(2,3)4;1-3(4)5-2;1-4-5(2)3;/h1-4H3;2*1-2H3;1H4. The highest BCUT2D eigenvalue weighted by Crippen LogP contribution is 2.01. The first kappa shape index (κ1) is 26.8. The largest absolute Gasteiger partial charge is 0.520 e. The van der Waals surface area contributed by atoms with Crippen molar-refractivity contribution in [1.29, 1.82) is 0 Å². The summed E-state index contributed by atoms with van der Waals surface area (Å²) >= 11 is -1.07. The second-order valence-corrected chi connectivity index (χ2v) is 9.53. The lowest BCUT2D eigenvalue weighted by molar-refractivity contribution is -0.138. The molecule has 19 heavy (non-hydrogen) atoms. The molecule has 0 rings (SSSR count). The van der Waals surface area contributed by atoms with Crippen molar-refractivity contribution < 1.29 is 27.1 Å². The SMILES string of the molecule is C.CC(=O)O[Si](C)(C)C.COC(C)=O.COS(C)=O. The molecule has 0 saturated heterocycles. The lowest BCUT2D eigenvalue weighted by Gasteiger charge is -2.14. The summed E-state index contributed by atoms with van der Waals surface area (Å²) in [5, 5.41) is 0. The fourth-order valence-electron chi connectivity index (χ4n) is 0.431. The fraction of sp³-hybridized carbons (Fsp3) is 0.818. The summed E-state index contributed by atoms with van der Waals surface area (Å²) in [6.45, 7) is 8.75. The van der Waals surface area contributed by atoms with E-state index < -0.39 is 19.4 Å². The molecule has 0 fully saturated rings. The van der Waals surface area contributed by atoms with Gasteiger partial charge in [-0.3, -0.25) is 13.8 Å². The van der Waals surface area contributed by atoms with Gasteiger partial charge in [-0.2, -0.15) is 0 Å². The van der Waals surface area contributed by atoms with E-state index in [0.717, 1.165) is 0 Å². The van der Waals surface area contributed by atoms with E-state index in [1.165, 1.54) is 34.3 Å².